The zero-order valence-electron chi connectivity index (χ0n) is 14.0. The van der Waals surface area contributed by atoms with E-state index in [1.165, 1.54) is 13.1 Å². The molecular weight excluding hydrogens is 350 g/mol. The van der Waals surface area contributed by atoms with Crippen molar-refractivity contribution in [2.45, 2.75) is 6.92 Å². The van der Waals surface area contributed by atoms with Crippen molar-refractivity contribution in [3.05, 3.63) is 83.1 Å². The average molecular weight is 366 g/mol. The zero-order valence-corrected chi connectivity index (χ0v) is 14.7. The molecule has 0 spiro atoms. The van der Waals surface area contributed by atoms with Crippen LogP contribution in [0.5, 0.6) is 0 Å². The molecule has 0 aliphatic heterocycles. The Labute approximate surface area is 156 Å². The third kappa shape index (κ3) is 4.46. The SMILES string of the molecule is CC(=O)c1ccc(NC(=O)c2cncc(Nc3ccc(Cl)cc3)c2)cc1. The van der Waals surface area contributed by atoms with Crippen LogP contribution in [0.3, 0.4) is 0 Å². The Bertz CT molecular complexity index is 938. The second kappa shape index (κ2) is 7.80. The third-order valence-corrected chi connectivity index (χ3v) is 3.93. The molecule has 1 aromatic heterocycles. The van der Waals surface area contributed by atoms with Gasteiger partial charge in [0.05, 0.1) is 17.4 Å². The molecule has 3 rings (SSSR count). The molecule has 3 aromatic rings. The molecule has 0 saturated heterocycles. The molecule has 0 unspecified atom stereocenters. The molecule has 0 radical (unpaired) electrons. The summed E-state index contributed by atoms with van der Waals surface area (Å²) in [5, 5.41) is 6.61. The molecule has 2 N–H and O–H groups in total. The van der Waals surface area contributed by atoms with Crippen molar-refractivity contribution in [1.29, 1.82) is 0 Å². The maximum atomic E-state index is 12.4. The predicted molar refractivity (Wildman–Crippen MR) is 103 cm³/mol. The number of benzene rings is 2. The number of ketones is 1. The highest BCUT2D eigenvalue weighted by Crippen LogP contribution is 2.19. The molecule has 0 bridgehead atoms. The summed E-state index contributed by atoms with van der Waals surface area (Å²) in [4.78, 5) is 27.8. The number of hydrogen-bond donors (Lipinski definition) is 2. The van der Waals surface area contributed by atoms with E-state index in [1.807, 2.05) is 12.1 Å². The van der Waals surface area contributed by atoms with Crippen LogP contribution >= 0.6 is 11.6 Å². The lowest BCUT2D eigenvalue weighted by atomic mass is 10.1. The monoisotopic (exact) mass is 365 g/mol. The van der Waals surface area contributed by atoms with Gasteiger partial charge in [0.25, 0.3) is 5.91 Å². The first-order valence-electron chi connectivity index (χ1n) is 7.91. The zero-order chi connectivity index (χ0) is 18.5. The van der Waals surface area contributed by atoms with E-state index in [0.717, 1.165) is 5.69 Å². The number of nitrogens with one attached hydrogen (secondary N) is 2. The fourth-order valence-corrected chi connectivity index (χ4v) is 2.45. The molecule has 6 heteroatoms. The lowest BCUT2D eigenvalue weighted by molar-refractivity contribution is 0.101. The van der Waals surface area contributed by atoms with E-state index in [9.17, 15) is 9.59 Å². The lowest BCUT2D eigenvalue weighted by Gasteiger charge is -2.09. The quantitative estimate of drug-likeness (QED) is 0.628. The Balaban J connectivity index is 1.71. The van der Waals surface area contributed by atoms with Gasteiger partial charge in [0.15, 0.2) is 5.78 Å². The Morgan fingerprint density at radius 1 is 0.846 bits per heavy atom. The minimum Gasteiger partial charge on any atom is -0.354 e. The second-order valence-corrected chi connectivity index (χ2v) is 6.12. The van der Waals surface area contributed by atoms with E-state index in [0.29, 0.717) is 27.5 Å². The summed E-state index contributed by atoms with van der Waals surface area (Å²) in [7, 11) is 0. The number of rotatable bonds is 5. The molecule has 26 heavy (non-hydrogen) atoms. The summed E-state index contributed by atoms with van der Waals surface area (Å²) in [5.41, 5.74) is 3.15. The highest BCUT2D eigenvalue weighted by Gasteiger charge is 2.08. The van der Waals surface area contributed by atoms with Gasteiger partial charge in [-0.2, -0.15) is 0 Å². The number of carbonyl (C=O) groups excluding carboxylic acids is 2. The maximum Gasteiger partial charge on any atom is 0.257 e. The number of halogens is 1. The van der Waals surface area contributed by atoms with Gasteiger partial charge in [-0.15, -0.1) is 0 Å². The van der Waals surface area contributed by atoms with Gasteiger partial charge in [-0.1, -0.05) is 11.6 Å². The van der Waals surface area contributed by atoms with Crippen LogP contribution in [0.25, 0.3) is 0 Å². The number of aromatic nitrogens is 1. The Kier molecular flexibility index (Phi) is 5.29. The number of Topliss-reactive ketones (excluding diaryl/α,β-unsaturated/α-hetero) is 1. The number of pyridine rings is 1. The Hall–Kier alpha value is -3.18. The molecule has 2 aromatic carbocycles. The van der Waals surface area contributed by atoms with E-state index in [4.69, 9.17) is 11.6 Å². The van der Waals surface area contributed by atoms with E-state index in [1.54, 1.807) is 48.7 Å². The minimum absolute atomic E-state index is 0.0203. The Morgan fingerprint density at radius 3 is 2.15 bits per heavy atom. The highest BCUT2D eigenvalue weighted by atomic mass is 35.5. The fraction of sp³-hybridized carbons (Fsp3) is 0.0500. The van der Waals surface area contributed by atoms with Crippen molar-refractivity contribution in [3.8, 4) is 0 Å². The summed E-state index contributed by atoms with van der Waals surface area (Å²) in [5.74, 6) is -0.305. The van der Waals surface area contributed by atoms with E-state index in [-0.39, 0.29) is 11.7 Å². The van der Waals surface area contributed by atoms with E-state index in [2.05, 4.69) is 15.6 Å². The smallest absolute Gasteiger partial charge is 0.257 e. The summed E-state index contributed by atoms with van der Waals surface area (Å²) < 4.78 is 0. The van der Waals surface area contributed by atoms with Crippen LogP contribution in [-0.4, -0.2) is 16.7 Å². The lowest BCUT2D eigenvalue weighted by Crippen LogP contribution is -2.12. The van der Waals surface area contributed by atoms with Gasteiger partial charge in [-0.05, 0) is 61.5 Å². The minimum atomic E-state index is -0.284. The van der Waals surface area contributed by atoms with Gasteiger partial charge >= 0.3 is 0 Å². The molecule has 0 atom stereocenters. The molecule has 5 nitrogen and oxygen atoms in total. The standard InChI is InChI=1S/C20H16ClN3O2/c1-13(25)14-2-6-18(7-3-14)24-20(26)15-10-19(12-22-11-15)23-17-8-4-16(21)5-9-17/h2-12,23H,1H3,(H,24,26). The van der Waals surface area contributed by atoms with Crippen molar-refractivity contribution < 1.29 is 9.59 Å². The van der Waals surface area contributed by atoms with Crippen LogP contribution in [-0.2, 0) is 0 Å². The Morgan fingerprint density at radius 2 is 1.50 bits per heavy atom. The molecule has 0 aliphatic carbocycles. The van der Waals surface area contributed by atoms with Crippen LogP contribution < -0.4 is 10.6 Å². The van der Waals surface area contributed by atoms with Crippen molar-refractivity contribution >= 4 is 40.4 Å². The number of hydrogen-bond acceptors (Lipinski definition) is 4. The van der Waals surface area contributed by atoms with Crippen LogP contribution in [0.2, 0.25) is 5.02 Å². The van der Waals surface area contributed by atoms with Crippen LogP contribution in [0.15, 0.2) is 67.0 Å². The summed E-state index contributed by atoms with van der Waals surface area (Å²) >= 11 is 5.87. The predicted octanol–water partition coefficient (Wildman–Crippen LogP) is 4.93. The molecule has 1 heterocycles. The molecule has 1 amide bonds. The molecule has 130 valence electrons. The van der Waals surface area contributed by atoms with Crippen molar-refractivity contribution in [1.82, 2.24) is 4.98 Å². The fourth-order valence-electron chi connectivity index (χ4n) is 2.32. The normalized spacial score (nSPS) is 10.2. The van der Waals surface area contributed by atoms with Gasteiger partial charge in [-0.3, -0.25) is 14.6 Å². The third-order valence-electron chi connectivity index (χ3n) is 3.68. The van der Waals surface area contributed by atoms with Crippen molar-refractivity contribution in [2.24, 2.45) is 0 Å². The van der Waals surface area contributed by atoms with E-state index >= 15 is 0 Å². The molecular formula is C20H16ClN3O2. The van der Waals surface area contributed by atoms with Gasteiger partial charge in [-0.25, -0.2) is 0 Å². The molecule has 0 fully saturated rings. The summed E-state index contributed by atoms with van der Waals surface area (Å²) in [6.07, 6.45) is 3.12. The van der Waals surface area contributed by atoms with Gasteiger partial charge in [0.1, 0.15) is 0 Å². The highest BCUT2D eigenvalue weighted by molar-refractivity contribution is 6.30. The molecule has 0 aliphatic rings. The topological polar surface area (TPSA) is 71.1 Å². The summed E-state index contributed by atoms with van der Waals surface area (Å²) in [6, 6.07) is 15.7. The first-order valence-corrected chi connectivity index (χ1v) is 8.29. The van der Waals surface area contributed by atoms with Crippen LogP contribution in [0, 0.1) is 0 Å². The van der Waals surface area contributed by atoms with E-state index < -0.39 is 0 Å². The van der Waals surface area contributed by atoms with Gasteiger partial charge < -0.3 is 10.6 Å². The first kappa shape index (κ1) is 17.6. The van der Waals surface area contributed by atoms with Gasteiger partial charge in [0.2, 0.25) is 0 Å². The number of carbonyl (C=O) groups is 2. The maximum absolute atomic E-state index is 12.4. The summed E-state index contributed by atoms with van der Waals surface area (Å²) in [6.45, 7) is 1.50. The van der Waals surface area contributed by atoms with Crippen LogP contribution in [0.4, 0.5) is 17.1 Å². The number of nitrogens with zero attached hydrogens (tertiary/aromatic N) is 1. The number of amides is 1. The van der Waals surface area contributed by atoms with Crippen molar-refractivity contribution in [3.63, 3.8) is 0 Å². The van der Waals surface area contributed by atoms with Gasteiger partial charge in [0, 0.05) is 28.2 Å². The average Bonchev–Trinajstić information content (AvgIpc) is 2.64. The molecule has 0 saturated carbocycles. The van der Waals surface area contributed by atoms with Crippen LogP contribution in [0.1, 0.15) is 27.6 Å². The van der Waals surface area contributed by atoms with Crippen molar-refractivity contribution in [2.75, 3.05) is 10.6 Å². The number of anilines is 3. The second-order valence-electron chi connectivity index (χ2n) is 5.68. The largest absolute Gasteiger partial charge is 0.354 e. The first-order chi connectivity index (χ1) is 12.5.